The van der Waals surface area contributed by atoms with Crippen LogP contribution in [-0.2, 0) is 0 Å². The van der Waals surface area contributed by atoms with Crippen LogP contribution in [0.1, 0.15) is 5.56 Å². The van der Waals surface area contributed by atoms with Crippen molar-refractivity contribution in [2.45, 2.75) is 6.92 Å². The van der Waals surface area contributed by atoms with Gasteiger partial charge in [-0.05, 0) is 19.1 Å². The van der Waals surface area contributed by atoms with Gasteiger partial charge in [-0.1, -0.05) is 0 Å². The van der Waals surface area contributed by atoms with E-state index in [-0.39, 0.29) is 11.1 Å². The molecule has 0 radical (unpaired) electrons. The van der Waals surface area contributed by atoms with Gasteiger partial charge in [-0.3, -0.25) is 4.79 Å². The molecule has 0 saturated heterocycles. The number of rotatable bonds is 0. The van der Waals surface area contributed by atoms with Crippen molar-refractivity contribution in [2.75, 3.05) is 0 Å². The first kappa shape index (κ1) is 9.76. The number of hydrogen-bond acceptors (Lipinski definition) is 2. The van der Waals surface area contributed by atoms with Crippen molar-refractivity contribution in [1.82, 2.24) is 0 Å². The van der Waals surface area contributed by atoms with E-state index in [1.165, 1.54) is 0 Å². The standard InChI is InChI=1S/C10H5F3O2/c1-4-9(14)7-6(15-10(4)13)3-2-5(11)8(7)12/h2-3H,1H3. The van der Waals surface area contributed by atoms with Gasteiger partial charge >= 0.3 is 0 Å². The summed E-state index contributed by atoms with van der Waals surface area (Å²) < 4.78 is 43.5. The van der Waals surface area contributed by atoms with Gasteiger partial charge in [-0.15, -0.1) is 0 Å². The molecule has 5 heteroatoms. The van der Waals surface area contributed by atoms with E-state index in [4.69, 9.17) is 0 Å². The van der Waals surface area contributed by atoms with Crippen LogP contribution in [-0.4, -0.2) is 0 Å². The molecule has 0 aliphatic rings. The average Bonchev–Trinajstić information content (AvgIpc) is 2.20. The third kappa shape index (κ3) is 1.31. The molecule has 0 N–H and O–H groups in total. The summed E-state index contributed by atoms with van der Waals surface area (Å²) in [6.45, 7) is 1.14. The summed E-state index contributed by atoms with van der Waals surface area (Å²) in [4.78, 5) is 11.4. The third-order valence-electron chi connectivity index (χ3n) is 2.12. The van der Waals surface area contributed by atoms with Crippen molar-refractivity contribution in [3.8, 4) is 0 Å². The summed E-state index contributed by atoms with van der Waals surface area (Å²) in [7, 11) is 0. The van der Waals surface area contributed by atoms with Crippen molar-refractivity contribution in [3.63, 3.8) is 0 Å². The molecule has 1 aromatic heterocycles. The van der Waals surface area contributed by atoms with Gasteiger partial charge in [0, 0.05) is 0 Å². The van der Waals surface area contributed by atoms with E-state index in [0.717, 1.165) is 19.1 Å². The lowest BCUT2D eigenvalue weighted by Crippen LogP contribution is -2.10. The zero-order valence-electron chi connectivity index (χ0n) is 7.61. The Morgan fingerprint density at radius 2 is 1.87 bits per heavy atom. The van der Waals surface area contributed by atoms with Crippen molar-refractivity contribution >= 4 is 11.0 Å². The molecular weight excluding hydrogens is 209 g/mol. The summed E-state index contributed by atoms with van der Waals surface area (Å²) in [5.74, 6) is -2.48. The Labute approximate surface area is 81.9 Å². The highest BCUT2D eigenvalue weighted by Gasteiger charge is 2.16. The number of halogens is 3. The summed E-state index contributed by atoms with van der Waals surface area (Å²) in [6, 6.07) is 0.700. The second-order valence-corrected chi connectivity index (χ2v) is 3.06. The molecule has 2 nitrogen and oxygen atoms in total. The fourth-order valence-electron chi connectivity index (χ4n) is 1.28. The lowest BCUT2D eigenvalue weighted by molar-refractivity contribution is 0.362. The van der Waals surface area contributed by atoms with Gasteiger partial charge in [-0.25, -0.2) is 8.78 Å². The van der Waals surface area contributed by atoms with Gasteiger partial charge < -0.3 is 4.42 Å². The van der Waals surface area contributed by atoms with Crippen LogP contribution < -0.4 is 5.43 Å². The van der Waals surface area contributed by atoms with Crippen LogP contribution in [0.4, 0.5) is 13.2 Å². The van der Waals surface area contributed by atoms with E-state index in [9.17, 15) is 18.0 Å². The maximum absolute atomic E-state index is 13.2. The average molecular weight is 214 g/mol. The predicted molar refractivity (Wildman–Crippen MR) is 47.1 cm³/mol. The fourth-order valence-corrected chi connectivity index (χ4v) is 1.28. The maximum Gasteiger partial charge on any atom is 0.285 e. The number of benzene rings is 1. The molecule has 0 bridgehead atoms. The SMILES string of the molecule is Cc1c(F)oc2ccc(F)c(F)c2c1=O. The molecule has 1 heterocycles. The van der Waals surface area contributed by atoms with Crippen LogP contribution in [0.2, 0.25) is 0 Å². The van der Waals surface area contributed by atoms with Crippen molar-refractivity contribution in [3.05, 3.63) is 45.6 Å². The molecule has 0 atom stereocenters. The first-order chi connectivity index (χ1) is 7.02. The first-order valence-corrected chi connectivity index (χ1v) is 4.09. The molecule has 0 aliphatic heterocycles. The lowest BCUT2D eigenvalue weighted by Gasteiger charge is -2.01. The molecule has 0 aliphatic carbocycles. The number of fused-ring (bicyclic) bond motifs is 1. The lowest BCUT2D eigenvalue weighted by atomic mass is 10.1. The first-order valence-electron chi connectivity index (χ1n) is 4.09. The summed E-state index contributed by atoms with van der Waals surface area (Å²) in [5, 5.41) is -0.561. The molecule has 0 spiro atoms. The second kappa shape index (κ2) is 3.12. The Balaban J connectivity index is 3.08. The van der Waals surface area contributed by atoms with Crippen LogP contribution in [0.5, 0.6) is 0 Å². The topological polar surface area (TPSA) is 30.2 Å². The summed E-state index contributed by atoms with van der Waals surface area (Å²) in [5.41, 5.74) is -1.57. The summed E-state index contributed by atoms with van der Waals surface area (Å²) in [6.07, 6.45) is 0. The molecule has 78 valence electrons. The highest BCUT2D eigenvalue weighted by atomic mass is 19.2. The van der Waals surface area contributed by atoms with E-state index < -0.39 is 28.5 Å². The minimum absolute atomic E-state index is 0.304. The highest BCUT2D eigenvalue weighted by Crippen LogP contribution is 2.19. The maximum atomic E-state index is 13.2. The molecule has 2 aromatic rings. The zero-order chi connectivity index (χ0) is 11.2. The number of hydrogen-bond donors (Lipinski definition) is 0. The smallest absolute Gasteiger partial charge is 0.285 e. The predicted octanol–water partition coefficient (Wildman–Crippen LogP) is 2.52. The molecule has 0 unspecified atom stereocenters. The molecule has 2 rings (SSSR count). The molecule has 0 fully saturated rings. The van der Waals surface area contributed by atoms with Crippen molar-refractivity contribution in [2.24, 2.45) is 0 Å². The van der Waals surface area contributed by atoms with Gasteiger partial charge in [-0.2, -0.15) is 4.39 Å². The van der Waals surface area contributed by atoms with Gasteiger partial charge in [0.05, 0.1) is 5.56 Å². The van der Waals surface area contributed by atoms with Crippen LogP contribution in [0.15, 0.2) is 21.3 Å². The zero-order valence-corrected chi connectivity index (χ0v) is 7.61. The highest BCUT2D eigenvalue weighted by molar-refractivity contribution is 5.77. The fraction of sp³-hybridized carbons (Fsp3) is 0.100. The van der Waals surface area contributed by atoms with Gasteiger partial charge in [0.2, 0.25) is 5.43 Å². The largest absolute Gasteiger partial charge is 0.430 e. The van der Waals surface area contributed by atoms with Crippen LogP contribution in [0, 0.1) is 24.6 Å². The normalized spacial score (nSPS) is 10.9. The van der Waals surface area contributed by atoms with E-state index in [2.05, 4.69) is 4.42 Å². The van der Waals surface area contributed by atoms with Crippen LogP contribution in [0.25, 0.3) is 11.0 Å². The van der Waals surface area contributed by atoms with Crippen molar-refractivity contribution in [1.29, 1.82) is 0 Å². The molecule has 1 aromatic carbocycles. The third-order valence-corrected chi connectivity index (χ3v) is 2.12. The van der Waals surface area contributed by atoms with E-state index in [0.29, 0.717) is 0 Å². The minimum atomic E-state index is -1.32. The monoisotopic (exact) mass is 214 g/mol. The Kier molecular flexibility index (Phi) is 2.03. The van der Waals surface area contributed by atoms with Gasteiger partial charge in [0.1, 0.15) is 11.0 Å². The molecule has 0 saturated carbocycles. The molecule has 15 heavy (non-hydrogen) atoms. The minimum Gasteiger partial charge on any atom is -0.430 e. The molecular formula is C10H5F3O2. The summed E-state index contributed by atoms with van der Waals surface area (Å²) >= 11 is 0. The van der Waals surface area contributed by atoms with Gasteiger partial charge in [0.25, 0.3) is 6.01 Å². The van der Waals surface area contributed by atoms with Crippen LogP contribution >= 0.6 is 0 Å². The Bertz CT molecular complexity index is 602. The Morgan fingerprint density at radius 3 is 2.53 bits per heavy atom. The van der Waals surface area contributed by atoms with E-state index in [1.54, 1.807) is 0 Å². The van der Waals surface area contributed by atoms with E-state index in [1.807, 2.05) is 0 Å². The van der Waals surface area contributed by atoms with Gasteiger partial charge in [0.15, 0.2) is 11.6 Å². The van der Waals surface area contributed by atoms with Crippen molar-refractivity contribution < 1.29 is 17.6 Å². The second-order valence-electron chi connectivity index (χ2n) is 3.06. The van der Waals surface area contributed by atoms with E-state index >= 15 is 0 Å². The van der Waals surface area contributed by atoms with Crippen LogP contribution in [0.3, 0.4) is 0 Å². The quantitative estimate of drug-likeness (QED) is 0.674. The molecule has 0 amide bonds. The Hall–Kier alpha value is -1.78. The Morgan fingerprint density at radius 1 is 1.20 bits per heavy atom.